The number of methoxy groups -OCH3 is 1. The van der Waals surface area contributed by atoms with Crippen LogP contribution in [0.1, 0.15) is 17.0 Å². The van der Waals surface area contributed by atoms with Gasteiger partial charge in [-0.2, -0.15) is 4.39 Å². The second-order valence-electron chi connectivity index (χ2n) is 5.45. The van der Waals surface area contributed by atoms with Gasteiger partial charge in [0.05, 0.1) is 24.9 Å². The normalized spacial score (nSPS) is 16.2. The molecule has 0 saturated heterocycles. The largest absolute Gasteiger partial charge is 0.468 e. The summed E-state index contributed by atoms with van der Waals surface area (Å²) < 4.78 is 17.7. The van der Waals surface area contributed by atoms with Crippen LogP contribution in [0.5, 0.6) is 0 Å². The van der Waals surface area contributed by atoms with Crippen molar-refractivity contribution < 1.29 is 18.7 Å². The van der Waals surface area contributed by atoms with Gasteiger partial charge in [0.15, 0.2) is 0 Å². The van der Waals surface area contributed by atoms with E-state index in [1.54, 1.807) is 0 Å². The molecule has 0 radical (unpaired) electrons. The molecule has 1 aliphatic rings. The molecule has 6 nitrogen and oxygen atoms in total. The van der Waals surface area contributed by atoms with Crippen LogP contribution >= 0.6 is 0 Å². The fourth-order valence-corrected chi connectivity index (χ4v) is 2.76. The van der Waals surface area contributed by atoms with Gasteiger partial charge in [-0.25, -0.2) is 9.78 Å². The van der Waals surface area contributed by atoms with Crippen molar-refractivity contribution in [3.8, 4) is 0 Å². The molecule has 1 aromatic heterocycles. The number of urea groups is 1. The molecule has 0 saturated carbocycles. The summed E-state index contributed by atoms with van der Waals surface area (Å²) in [6.45, 7) is 0.592. The lowest BCUT2D eigenvalue weighted by atomic mass is 9.90. The lowest BCUT2D eigenvalue weighted by Gasteiger charge is -2.33. The molecule has 1 unspecified atom stereocenters. The summed E-state index contributed by atoms with van der Waals surface area (Å²) in [7, 11) is 1.33. The van der Waals surface area contributed by atoms with Crippen LogP contribution in [0.15, 0.2) is 42.6 Å². The first-order valence-electron chi connectivity index (χ1n) is 7.41. The first kappa shape index (κ1) is 15.9. The molecule has 0 aliphatic carbocycles. The van der Waals surface area contributed by atoms with E-state index in [9.17, 15) is 14.0 Å². The van der Waals surface area contributed by atoms with E-state index in [1.165, 1.54) is 30.3 Å². The highest BCUT2D eigenvalue weighted by Crippen LogP contribution is 2.29. The number of pyridine rings is 1. The molecular formula is C17H16FN3O3. The van der Waals surface area contributed by atoms with Crippen molar-refractivity contribution in [2.75, 3.05) is 19.0 Å². The van der Waals surface area contributed by atoms with E-state index >= 15 is 0 Å². The Morgan fingerprint density at radius 2 is 2.08 bits per heavy atom. The topological polar surface area (TPSA) is 71.5 Å². The van der Waals surface area contributed by atoms with Gasteiger partial charge in [0.2, 0.25) is 5.95 Å². The summed E-state index contributed by atoms with van der Waals surface area (Å²) in [4.78, 5) is 29.5. The van der Waals surface area contributed by atoms with E-state index in [0.717, 1.165) is 11.1 Å². The number of carbonyl (C=O) groups is 2. The SMILES string of the molecule is COC(=O)C1CN(C(=O)Nc2ccc(F)nc2)Cc2ccccc21. The molecule has 3 rings (SSSR count). The minimum Gasteiger partial charge on any atom is -0.468 e. The van der Waals surface area contributed by atoms with E-state index < -0.39 is 11.9 Å². The number of amides is 2. The van der Waals surface area contributed by atoms with E-state index in [1.807, 2.05) is 24.3 Å². The summed E-state index contributed by atoms with van der Waals surface area (Å²) in [5.74, 6) is -1.54. The van der Waals surface area contributed by atoms with Gasteiger partial charge >= 0.3 is 12.0 Å². The zero-order valence-electron chi connectivity index (χ0n) is 13.0. The molecule has 7 heteroatoms. The van der Waals surface area contributed by atoms with Gasteiger partial charge in [0.1, 0.15) is 0 Å². The first-order valence-corrected chi connectivity index (χ1v) is 7.41. The molecule has 2 aromatic rings. The lowest BCUT2D eigenvalue weighted by Crippen LogP contribution is -2.43. The molecule has 2 heterocycles. The zero-order valence-corrected chi connectivity index (χ0v) is 13.0. The second kappa shape index (κ2) is 6.66. The predicted octanol–water partition coefficient (Wildman–Crippen LogP) is 2.53. The van der Waals surface area contributed by atoms with Crippen LogP contribution in [0.2, 0.25) is 0 Å². The fraction of sp³-hybridized carbons (Fsp3) is 0.235. The number of aromatic nitrogens is 1. The van der Waals surface area contributed by atoms with Crippen LogP contribution in [0.3, 0.4) is 0 Å². The Labute approximate surface area is 138 Å². The molecule has 2 amide bonds. The number of hydrogen-bond donors (Lipinski definition) is 1. The monoisotopic (exact) mass is 329 g/mol. The molecule has 1 atom stereocenters. The molecule has 24 heavy (non-hydrogen) atoms. The molecule has 0 fully saturated rings. The third-order valence-corrected chi connectivity index (χ3v) is 3.95. The van der Waals surface area contributed by atoms with Gasteiger partial charge in [-0.05, 0) is 23.3 Å². The summed E-state index contributed by atoms with van der Waals surface area (Å²) in [5, 5.41) is 2.65. The second-order valence-corrected chi connectivity index (χ2v) is 5.45. The smallest absolute Gasteiger partial charge is 0.322 e. The molecule has 0 bridgehead atoms. The highest BCUT2D eigenvalue weighted by Gasteiger charge is 2.33. The number of carbonyl (C=O) groups excluding carboxylic acids is 2. The van der Waals surface area contributed by atoms with Gasteiger partial charge in [-0.15, -0.1) is 0 Å². The molecule has 1 aromatic carbocycles. The Morgan fingerprint density at radius 1 is 1.29 bits per heavy atom. The van der Waals surface area contributed by atoms with Crippen molar-refractivity contribution in [1.82, 2.24) is 9.88 Å². The van der Waals surface area contributed by atoms with Crippen molar-refractivity contribution >= 4 is 17.7 Å². The number of nitrogens with one attached hydrogen (secondary N) is 1. The molecular weight excluding hydrogens is 313 g/mol. The van der Waals surface area contributed by atoms with Crippen LogP contribution in [-0.2, 0) is 16.1 Å². The number of hydrogen-bond acceptors (Lipinski definition) is 4. The molecule has 0 spiro atoms. The third kappa shape index (κ3) is 3.19. The maximum atomic E-state index is 12.8. The van der Waals surface area contributed by atoms with Crippen LogP contribution in [-0.4, -0.2) is 35.5 Å². The number of anilines is 1. The van der Waals surface area contributed by atoms with Crippen LogP contribution < -0.4 is 5.32 Å². The Bertz CT molecular complexity index is 764. The fourth-order valence-electron chi connectivity index (χ4n) is 2.76. The van der Waals surface area contributed by atoms with E-state index in [2.05, 4.69) is 10.3 Å². The minimum absolute atomic E-state index is 0.212. The third-order valence-electron chi connectivity index (χ3n) is 3.95. The average Bonchev–Trinajstić information content (AvgIpc) is 2.62. The summed E-state index contributed by atoms with van der Waals surface area (Å²) in [5.41, 5.74) is 2.15. The Morgan fingerprint density at radius 3 is 2.79 bits per heavy atom. The van der Waals surface area contributed by atoms with Gasteiger partial charge in [0, 0.05) is 13.1 Å². The lowest BCUT2D eigenvalue weighted by molar-refractivity contribution is -0.143. The van der Waals surface area contributed by atoms with Crippen LogP contribution in [0.4, 0.5) is 14.9 Å². The summed E-state index contributed by atoms with van der Waals surface area (Å²) in [6.07, 6.45) is 1.24. The minimum atomic E-state index is -0.620. The maximum Gasteiger partial charge on any atom is 0.322 e. The number of esters is 1. The summed E-state index contributed by atoms with van der Waals surface area (Å²) >= 11 is 0. The summed E-state index contributed by atoms with van der Waals surface area (Å²) in [6, 6.07) is 9.67. The van der Waals surface area contributed by atoms with Crippen molar-refractivity contribution in [3.63, 3.8) is 0 Å². The Balaban J connectivity index is 1.80. The number of rotatable bonds is 2. The van der Waals surface area contributed by atoms with E-state index in [0.29, 0.717) is 12.2 Å². The average molecular weight is 329 g/mol. The van der Waals surface area contributed by atoms with Crippen molar-refractivity contribution in [2.45, 2.75) is 12.5 Å². The molecule has 1 N–H and O–H groups in total. The van der Waals surface area contributed by atoms with E-state index in [4.69, 9.17) is 4.74 Å². The van der Waals surface area contributed by atoms with Crippen LogP contribution in [0.25, 0.3) is 0 Å². The number of halogens is 1. The molecule has 124 valence electrons. The standard InChI is InChI=1S/C17H16FN3O3/c1-24-16(22)14-10-21(9-11-4-2-3-5-13(11)14)17(23)20-12-6-7-15(18)19-8-12/h2-8,14H,9-10H2,1H3,(H,20,23). The maximum absolute atomic E-state index is 12.8. The van der Waals surface area contributed by atoms with Gasteiger partial charge in [-0.1, -0.05) is 24.3 Å². The van der Waals surface area contributed by atoms with Gasteiger partial charge in [0.25, 0.3) is 0 Å². The number of benzene rings is 1. The van der Waals surface area contributed by atoms with Crippen molar-refractivity contribution in [2.24, 2.45) is 0 Å². The number of fused-ring (bicyclic) bond motifs is 1. The number of ether oxygens (including phenoxy) is 1. The quantitative estimate of drug-likeness (QED) is 0.679. The van der Waals surface area contributed by atoms with Gasteiger partial charge < -0.3 is 15.0 Å². The Kier molecular flexibility index (Phi) is 4.41. The zero-order chi connectivity index (χ0) is 17.1. The van der Waals surface area contributed by atoms with Crippen molar-refractivity contribution in [1.29, 1.82) is 0 Å². The number of nitrogens with zero attached hydrogens (tertiary/aromatic N) is 2. The van der Waals surface area contributed by atoms with Crippen molar-refractivity contribution in [3.05, 3.63) is 59.7 Å². The van der Waals surface area contributed by atoms with E-state index in [-0.39, 0.29) is 18.5 Å². The predicted molar refractivity (Wildman–Crippen MR) is 84.8 cm³/mol. The van der Waals surface area contributed by atoms with Gasteiger partial charge in [-0.3, -0.25) is 4.79 Å². The first-order chi connectivity index (χ1) is 11.6. The highest BCUT2D eigenvalue weighted by molar-refractivity contribution is 5.90. The van der Waals surface area contributed by atoms with Crippen LogP contribution in [0, 0.1) is 5.95 Å². The highest BCUT2D eigenvalue weighted by atomic mass is 19.1. The Hall–Kier alpha value is -2.96. The molecule has 1 aliphatic heterocycles.